The Bertz CT molecular complexity index is 1330. The molecule has 4 rings (SSSR count). The molecule has 1 unspecified atom stereocenters. The van der Waals surface area contributed by atoms with Gasteiger partial charge in [0.05, 0.1) is 24.8 Å². The number of pyridine rings is 2. The number of anilines is 2. The van der Waals surface area contributed by atoms with Crippen LogP contribution in [0.5, 0.6) is 0 Å². The van der Waals surface area contributed by atoms with Crippen molar-refractivity contribution < 1.29 is 23.0 Å². The monoisotopic (exact) mass is 485 g/mol. The number of hydrogen-bond donors (Lipinski definition) is 2. The normalized spacial score (nSPS) is 14.9. The lowest BCUT2D eigenvalue weighted by Crippen LogP contribution is -2.40. The number of rotatable bonds is 5. The van der Waals surface area contributed by atoms with Gasteiger partial charge in [0.15, 0.2) is 6.23 Å². The number of morpholine rings is 1. The van der Waals surface area contributed by atoms with Crippen LogP contribution in [0.3, 0.4) is 0 Å². The lowest BCUT2D eigenvalue weighted by molar-refractivity contribution is -0.141. The number of aliphatic hydroxyl groups excluding tert-OH is 1. The smallest absolute Gasteiger partial charge is 0.378 e. The Morgan fingerprint density at radius 2 is 1.94 bits per heavy atom. The average Bonchev–Trinajstić information content (AvgIpc) is 2.85. The van der Waals surface area contributed by atoms with Crippen LogP contribution in [0.2, 0.25) is 0 Å². The van der Waals surface area contributed by atoms with Gasteiger partial charge in [0.1, 0.15) is 11.4 Å². The predicted octanol–water partition coefficient (Wildman–Crippen LogP) is 3.28. The van der Waals surface area contributed by atoms with E-state index in [1.165, 1.54) is 16.7 Å². The minimum Gasteiger partial charge on any atom is -0.378 e. The first-order valence-corrected chi connectivity index (χ1v) is 10.7. The molecule has 0 amide bonds. The van der Waals surface area contributed by atoms with Crippen LogP contribution in [-0.4, -0.2) is 41.0 Å². The molecule has 1 atom stereocenters. The summed E-state index contributed by atoms with van der Waals surface area (Å²) < 4.78 is 45.7. The first-order valence-electron chi connectivity index (χ1n) is 10.7. The second-order valence-corrected chi connectivity index (χ2v) is 8.02. The number of hydrogen-bond acceptors (Lipinski definition) is 7. The number of aliphatic hydroxyl groups is 1. The molecule has 35 heavy (non-hydrogen) atoms. The van der Waals surface area contributed by atoms with E-state index in [1.807, 2.05) is 4.90 Å². The second-order valence-electron chi connectivity index (χ2n) is 8.02. The highest BCUT2D eigenvalue weighted by molar-refractivity contribution is 5.76. The Labute approximate surface area is 198 Å². The number of halogens is 3. The maximum absolute atomic E-state index is 13.0. The van der Waals surface area contributed by atoms with E-state index in [9.17, 15) is 28.3 Å². The molecular weight excluding hydrogens is 463 g/mol. The molecule has 182 valence electrons. The van der Waals surface area contributed by atoms with Crippen molar-refractivity contribution in [1.82, 2.24) is 9.55 Å². The van der Waals surface area contributed by atoms with Crippen molar-refractivity contribution in [3.05, 3.63) is 76.0 Å². The Balaban J connectivity index is 1.68. The molecule has 11 heteroatoms. The second kappa shape index (κ2) is 9.77. The molecule has 1 aliphatic heterocycles. The highest BCUT2D eigenvalue weighted by Crippen LogP contribution is 2.31. The number of nitrogens with one attached hydrogen (secondary N) is 1. The maximum atomic E-state index is 13.0. The van der Waals surface area contributed by atoms with Gasteiger partial charge < -0.3 is 24.6 Å². The molecule has 1 aliphatic rings. The molecule has 3 heterocycles. The molecule has 0 aliphatic carbocycles. The molecule has 0 saturated carbocycles. The highest BCUT2D eigenvalue weighted by atomic mass is 19.4. The zero-order valence-electron chi connectivity index (χ0n) is 18.7. The summed E-state index contributed by atoms with van der Waals surface area (Å²) in [5.41, 5.74) is 0.974. The van der Waals surface area contributed by atoms with Crippen molar-refractivity contribution in [2.45, 2.75) is 12.4 Å². The summed E-state index contributed by atoms with van der Waals surface area (Å²) in [6, 6.07) is 10.6. The lowest BCUT2D eigenvalue weighted by atomic mass is 10.00. The molecule has 8 nitrogen and oxygen atoms in total. The van der Waals surface area contributed by atoms with Crippen molar-refractivity contribution >= 4 is 11.4 Å². The molecule has 1 aromatic carbocycles. The third-order valence-corrected chi connectivity index (χ3v) is 5.66. The van der Waals surface area contributed by atoms with Crippen LogP contribution >= 0.6 is 0 Å². The number of alkyl halides is 3. The lowest BCUT2D eigenvalue weighted by Gasteiger charge is -2.28. The zero-order valence-corrected chi connectivity index (χ0v) is 18.7. The van der Waals surface area contributed by atoms with Crippen LogP contribution in [0, 0.1) is 11.3 Å². The Morgan fingerprint density at radius 1 is 1.20 bits per heavy atom. The Hall–Kier alpha value is -3.88. The summed E-state index contributed by atoms with van der Waals surface area (Å²) in [5, 5.41) is 22.9. The number of benzene rings is 1. The third-order valence-electron chi connectivity index (χ3n) is 5.66. The summed E-state index contributed by atoms with van der Waals surface area (Å²) in [5.74, 6) is 0. The summed E-state index contributed by atoms with van der Waals surface area (Å²) in [4.78, 5) is 18.0. The molecule has 1 fully saturated rings. The number of ether oxygens (including phenoxy) is 1. The first kappa shape index (κ1) is 24.3. The Kier molecular flexibility index (Phi) is 6.77. The highest BCUT2D eigenvalue weighted by Gasteiger charge is 2.33. The minimum atomic E-state index is -4.64. The molecular formula is C24H22F3N5O3. The van der Waals surface area contributed by atoms with Crippen LogP contribution in [0.15, 0.2) is 53.6 Å². The molecule has 3 aromatic rings. The predicted molar refractivity (Wildman–Crippen MR) is 123 cm³/mol. The molecule has 2 aromatic heterocycles. The number of nitriles is 1. The van der Waals surface area contributed by atoms with E-state index in [0.29, 0.717) is 54.4 Å². The molecule has 0 radical (unpaired) electrons. The van der Waals surface area contributed by atoms with Crippen LogP contribution in [0.1, 0.15) is 23.0 Å². The third kappa shape index (κ3) is 5.29. The van der Waals surface area contributed by atoms with Crippen molar-refractivity contribution in [3.8, 4) is 17.2 Å². The maximum Gasteiger partial charge on any atom is 0.433 e. The fraction of sp³-hybridized carbons (Fsp3) is 0.292. The van der Waals surface area contributed by atoms with Crippen LogP contribution in [0.25, 0.3) is 11.1 Å². The fourth-order valence-corrected chi connectivity index (χ4v) is 3.86. The summed E-state index contributed by atoms with van der Waals surface area (Å²) in [7, 11) is 1.62. The molecule has 1 saturated heterocycles. The van der Waals surface area contributed by atoms with Gasteiger partial charge in [-0.1, -0.05) is 0 Å². The van der Waals surface area contributed by atoms with Crippen molar-refractivity contribution in [3.63, 3.8) is 0 Å². The zero-order chi connectivity index (χ0) is 25.2. The van der Waals surface area contributed by atoms with Crippen molar-refractivity contribution in [2.75, 3.05) is 36.5 Å². The summed E-state index contributed by atoms with van der Waals surface area (Å²) >= 11 is 0. The Morgan fingerprint density at radius 3 is 2.63 bits per heavy atom. The van der Waals surface area contributed by atoms with Gasteiger partial charge in [-0.2, -0.15) is 18.4 Å². The van der Waals surface area contributed by atoms with Gasteiger partial charge >= 0.3 is 6.18 Å². The number of nitrogens with zero attached hydrogens (tertiary/aromatic N) is 4. The average molecular weight is 485 g/mol. The van der Waals surface area contributed by atoms with E-state index in [-0.39, 0.29) is 11.1 Å². The van der Waals surface area contributed by atoms with Gasteiger partial charge in [-0.15, -0.1) is 0 Å². The summed E-state index contributed by atoms with van der Waals surface area (Å²) in [6.07, 6.45) is -3.51. The standard InChI is InChI=1S/C24H22F3N5O3/c1-31-14-17(10-20(23(31)34)32-6-8-35-9-7-32)19-12-18(3-2-16(19)13-28)30-22(33)15-4-5-29-21(11-15)24(25,26)27/h2-5,10-12,14,22,30,33H,6-9H2,1H3. The van der Waals surface area contributed by atoms with Crippen LogP contribution < -0.4 is 15.8 Å². The van der Waals surface area contributed by atoms with Crippen LogP contribution in [0.4, 0.5) is 24.5 Å². The van der Waals surface area contributed by atoms with E-state index in [1.54, 1.807) is 31.4 Å². The fourth-order valence-electron chi connectivity index (χ4n) is 3.86. The quantitative estimate of drug-likeness (QED) is 0.535. The van der Waals surface area contributed by atoms with E-state index < -0.39 is 18.1 Å². The van der Waals surface area contributed by atoms with Crippen LogP contribution in [-0.2, 0) is 18.0 Å². The van der Waals surface area contributed by atoms with Gasteiger partial charge in [-0.3, -0.25) is 9.78 Å². The number of aryl methyl sites for hydroxylation is 1. The minimum absolute atomic E-state index is 0.0186. The van der Waals surface area contributed by atoms with Crippen molar-refractivity contribution in [1.29, 1.82) is 5.26 Å². The summed E-state index contributed by atoms with van der Waals surface area (Å²) in [6.45, 7) is 2.12. The van der Waals surface area contributed by atoms with Gasteiger partial charge in [0.25, 0.3) is 5.56 Å². The van der Waals surface area contributed by atoms with Gasteiger partial charge in [-0.25, -0.2) is 0 Å². The van der Waals surface area contributed by atoms with Gasteiger partial charge in [-0.05, 0) is 36.4 Å². The number of aromatic nitrogens is 2. The molecule has 2 N–H and O–H groups in total. The first-order chi connectivity index (χ1) is 16.7. The molecule has 0 spiro atoms. The van der Waals surface area contributed by atoms with E-state index in [2.05, 4.69) is 16.4 Å². The van der Waals surface area contributed by atoms with Gasteiger partial charge in [0, 0.05) is 54.9 Å². The van der Waals surface area contributed by atoms with E-state index >= 15 is 0 Å². The molecule has 0 bridgehead atoms. The largest absolute Gasteiger partial charge is 0.433 e. The van der Waals surface area contributed by atoms with E-state index in [4.69, 9.17) is 4.74 Å². The SMILES string of the molecule is Cn1cc(-c2cc(NC(O)c3ccnc(C(F)(F)F)c3)ccc2C#N)cc(N2CCOCC2)c1=O. The van der Waals surface area contributed by atoms with Gasteiger partial charge in [0.2, 0.25) is 0 Å². The van der Waals surface area contributed by atoms with E-state index in [0.717, 1.165) is 12.3 Å². The van der Waals surface area contributed by atoms with Crippen molar-refractivity contribution in [2.24, 2.45) is 7.05 Å². The topological polar surface area (TPSA) is 103 Å².